The van der Waals surface area contributed by atoms with Gasteiger partial charge in [-0.05, 0) is 46.5 Å². The Kier molecular flexibility index (Phi) is 4.07. The summed E-state index contributed by atoms with van der Waals surface area (Å²) in [6.07, 6.45) is 0. The molecule has 2 N–H and O–H groups in total. The van der Waals surface area contributed by atoms with E-state index in [0.29, 0.717) is 0 Å². The maximum absolute atomic E-state index is 11.1. The third kappa shape index (κ3) is 2.74. The lowest BCUT2D eigenvalue weighted by Gasteiger charge is -2.29. The minimum Gasteiger partial charge on any atom is -0.310 e. The summed E-state index contributed by atoms with van der Waals surface area (Å²) in [6.45, 7) is 3.40. The number of para-hydroxylation sites is 1. The number of fused-ring (bicyclic) bond motifs is 2. The van der Waals surface area contributed by atoms with Crippen molar-refractivity contribution < 1.29 is 4.92 Å². The fourth-order valence-electron chi connectivity index (χ4n) is 4.20. The molecule has 2 heterocycles. The Morgan fingerprint density at radius 3 is 1.93 bits per heavy atom. The van der Waals surface area contributed by atoms with Crippen molar-refractivity contribution in [3.05, 3.63) is 93.0 Å². The topological polar surface area (TPSA) is 70.4 Å². The Morgan fingerprint density at radius 2 is 1.36 bits per heavy atom. The summed E-state index contributed by atoms with van der Waals surface area (Å²) in [5.74, 6) is 0. The van der Waals surface area contributed by atoms with Crippen molar-refractivity contribution in [3.63, 3.8) is 0 Å². The first kappa shape index (κ1) is 16.9. The highest BCUT2D eigenvalue weighted by atomic mass is 16.6. The summed E-state index contributed by atoms with van der Waals surface area (Å²) in [5, 5.41) is 18.1. The lowest BCUT2D eigenvalue weighted by molar-refractivity contribution is -0.384. The fourth-order valence-corrected chi connectivity index (χ4v) is 4.20. The maximum atomic E-state index is 11.1. The molecule has 28 heavy (non-hydrogen) atoms. The van der Waals surface area contributed by atoms with E-state index < -0.39 is 0 Å². The number of nitro benzene ring substituents is 1. The molecule has 0 aliphatic carbocycles. The number of nitro groups is 1. The van der Waals surface area contributed by atoms with E-state index in [9.17, 15) is 10.1 Å². The van der Waals surface area contributed by atoms with Crippen LogP contribution in [0, 0.1) is 10.1 Å². The number of nitrogens with one attached hydrogen (secondary N) is 2. The molecule has 3 aromatic rings. The minimum absolute atomic E-state index is 0.101. The predicted octanol–water partition coefficient (Wildman–Crippen LogP) is 4.27. The number of hydrogen-bond donors (Lipinski definition) is 2. The van der Waals surface area contributed by atoms with Crippen molar-refractivity contribution in [3.8, 4) is 0 Å². The van der Waals surface area contributed by atoms with Gasteiger partial charge in [-0.2, -0.15) is 0 Å². The zero-order chi connectivity index (χ0) is 19.1. The van der Waals surface area contributed by atoms with Crippen molar-refractivity contribution in [2.24, 2.45) is 0 Å². The molecule has 6 heteroatoms. The molecular weight excluding hydrogens is 352 g/mol. The van der Waals surface area contributed by atoms with Gasteiger partial charge in [0.1, 0.15) is 0 Å². The van der Waals surface area contributed by atoms with E-state index >= 15 is 0 Å². The largest absolute Gasteiger partial charge is 0.310 e. The molecule has 2 aliphatic heterocycles. The molecule has 5 rings (SSSR count). The monoisotopic (exact) mass is 372 g/mol. The van der Waals surface area contributed by atoms with E-state index in [1.54, 1.807) is 12.1 Å². The first-order valence-electron chi connectivity index (χ1n) is 9.40. The number of nitrogens with zero attached hydrogens (tertiary/aromatic N) is 2. The quantitative estimate of drug-likeness (QED) is 0.529. The Bertz CT molecular complexity index is 1020. The van der Waals surface area contributed by atoms with Gasteiger partial charge in [-0.1, -0.05) is 24.3 Å². The average Bonchev–Trinajstić information content (AvgIpc) is 3.38. The Hall–Kier alpha value is -3.22. The van der Waals surface area contributed by atoms with Crippen LogP contribution in [0.1, 0.15) is 22.3 Å². The smallest absolute Gasteiger partial charge is 0.269 e. The number of hydrogen-bond acceptors (Lipinski definition) is 5. The maximum Gasteiger partial charge on any atom is 0.269 e. The number of anilines is 3. The number of non-ortho nitro benzene ring substituents is 1. The van der Waals surface area contributed by atoms with Crippen LogP contribution in [0.5, 0.6) is 0 Å². The third-order valence-electron chi connectivity index (χ3n) is 5.49. The Labute approximate surface area is 163 Å². The molecule has 0 spiro atoms. The van der Waals surface area contributed by atoms with Gasteiger partial charge >= 0.3 is 0 Å². The van der Waals surface area contributed by atoms with Crippen LogP contribution in [-0.2, 0) is 26.2 Å². The van der Waals surface area contributed by atoms with Crippen molar-refractivity contribution >= 4 is 22.7 Å². The van der Waals surface area contributed by atoms with E-state index in [4.69, 9.17) is 0 Å². The third-order valence-corrected chi connectivity index (χ3v) is 5.49. The minimum atomic E-state index is -0.359. The second-order valence-electron chi connectivity index (χ2n) is 7.15. The van der Waals surface area contributed by atoms with Gasteiger partial charge in [-0.3, -0.25) is 10.1 Å². The molecule has 0 radical (unpaired) electrons. The average molecular weight is 372 g/mol. The molecule has 0 saturated heterocycles. The van der Waals surface area contributed by atoms with E-state index in [1.807, 2.05) is 30.3 Å². The SMILES string of the molecule is O=[N+]([O-])c1ccc(N(c2ccccc2)c2c3c(cc4c2CNC4)CNC3)cc1. The van der Waals surface area contributed by atoms with E-state index in [2.05, 4.69) is 33.7 Å². The van der Waals surface area contributed by atoms with E-state index in [1.165, 1.54) is 27.9 Å². The normalized spacial score (nSPS) is 14.6. The van der Waals surface area contributed by atoms with E-state index in [-0.39, 0.29) is 10.6 Å². The second kappa shape index (κ2) is 6.74. The summed E-state index contributed by atoms with van der Waals surface area (Å²) in [6, 6.07) is 19.3. The van der Waals surface area contributed by atoms with Crippen molar-refractivity contribution in [1.29, 1.82) is 0 Å². The highest BCUT2D eigenvalue weighted by molar-refractivity contribution is 5.83. The fraction of sp³-hybridized carbons (Fsp3) is 0.182. The zero-order valence-electron chi connectivity index (χ0n) is 15.3. The van der Waals surface area contributed by atoms with Crippen molar-refractivity contribution in [2.75, 3.05) is 4.90 Å². The standard InChI is InChI=1S/C22H20N4O2/c27-26(28)19-8-6-18(7-9-19)25(17-4-2-1-3-5-17)22-20-13-23-11-15(20)10-16-12-24-14-21(16)22/h1-10,23-24H,11-14H2. The summed E-state index contributed by atoms with van der Waals surface area (Å²) in [7, 11) is 0. The van der Waals surface area contributed by atoms with Crippen LogP contribution < -0.4 is 15.5 Å². The molecule has 6 nitrogen and oxygen atoms in total. The first-order valence-corrected chi connectivity index (χ1v) is 9.40. The van der Waals surface area contributed by atoms with Gasteiger partial charge in [-0.25, -0.2) is 0 Å². The molecule has 0 aromatic heterocycles. The van der Waals surface area contributed by atoms with Crippen LogP contribution in [0.3, 0.4) is 0 Å². The van der Waals surface area contributed by atoms with Crippen molar-refractivity contribution in [1.82, 2.24) is 10.6 Å². The highest BCUT2D eigenvalue weighted by Gasteiger charge is 2.28. The van der Waals surface area contributed by atoms with Gasteiger partial charge in [0.2, 0.25) is 0 Å². The number of rotatable bonds is 4. The molecule has 0 atom stereocenters. The van der Waals surface area contributed by atoms with Gasteiger partial charge < -0.3 is 15.5 Å². The second-order valence-corrected chi connectivity index (χ2v) is 7.15. The molecule has 2 aliphatic rings. The van der Waals surface area contributed by atoms with Gasteiger partial charge in [-0.15, -0.1) is 0 Å². The van der Waals surface area contributed by atoms with Crippen LogP contribution >= 0.6 is 0 Å². The lowest BCUT2D eigenvalue weighted by Crippen LogP contribution is -2.15. The number of benzene rings is 3. The van der Waals surface area contributed by atoms with Crippen LogP contribution in [0.15, 0.2) is 60.7 Å². The summed E-state index contributed by atoms with van der Waals surface area (Å²) in [4.78, 5) is 13.0. The summed E-state index contributed by atoms with van der Waals surface area (Å²) < 4.78 is 0. The Morgan fingerprint density at radius 1 is 0.786 bits per heavy atom. The lowest BCUT2D eigenvalue weighted by atomic mass is 9.97. The molecular formula is C22H20N4O2. The molecule has 0 amide bonds. The molecule has 140 valence electrons. The van der Waals surface area contributed by atoms with Gasteiger partial charge in [0.05, 0.1) is 10.6 Å². The molecule has 0 saturated carbocycles. The van der Waals surface area contributed by atoms with Crippen LogP contribution in [0.25, 0.3) is 0 Å². The molecule has 3 aromatic carbocycles. The highest BCUT2D eigenvalue weighted by Crippen LogP contribution is 2.44. The molecule has 0 unspecified atom stereocenters. The predicted molar refractivity (Wildman–Crippen MR) is 109 cm³/mol. The van der Waals surface area contributed by atoms with Crippen LogP contribution in [-0.4, -0.2) is 4.92 Å². The molecule has 0 fully saturated rings. The zero-order valence-corrected chi connectivity index (χ0v) is 15.3. The Balaban J connectivity index is 1.74. The van der Waals surface area contributed by atoms with Crippen LogP contribution in [0.2, 0.25) is 0 Å². The van der Waals surface area contributed by atoms with Gasteiger partial charge in [0, 0.05) is 49.7 Å². The summed E-state index contributed by atoms with van der Waals surface area (Å²) >= 11 is 0. The summed E-state index contributed by atoms with van der Waals surface area (Å²) in [5.41, 5.74) is 8.55. The van der Waals surface area contributed by atoms with Gasteiger partial charge in [0.25, 0.3) is 5.69 Å². The van der Waals surface area contributed by atoms with Gasteiger partial charge in [0.15, 0.2) is 0 Å². The van der Waals surface area contributed by atoms with Crippen molar-refractivity contribution in [2.45, 2.75) is 26.2 Å². The van der Waals surface area contributed by atoms with E-state index in [0.717, 1.165) is 37.6 Å². The van der Waals surface area contributed by atoms with Crippen LogP contribution in [0.4, 0.5) is 22.7 Å². The molecule has 0 bridgehead atoms. The first-order chi connectivity index (χ1) is 13.7.